The van der Waals surface area contributed by atoms with Gasteiger partial charge in [-0.1, -0.05) is 0 Å². The van der Waals surface area contributed by atoms with E-state index in [0.29, 0.717) is 18.2 Å². The fourth-order valence-electron chi connectivity index (χ4n) is 2.02. The van der Waals surface area contributed by atoms with Crippen LogP contribution in [0.25, 0.3) is 0 Å². The molecule has 1 atom stereocenters. The van der Waals surface area contributed by atoms with Gasteiger partial charge in [-0.25, -0.2) is 0 Å². The van der Waals surface area contributed by atoms with Crippen LogP contribution in [0.1, 0.15) is 26.2 Å². The minimum Gasteiger partial charge on any atom is -0.343 e. The quantitative estimate of drug-likeness (QED) is 0.843. The average molecular weight is 267 g/mol. The standard InChI is InChI=1S/C11H22N2OS.ClH/c1-9(12)10-3-6-13(7-4-10)11(14)5-8-15-2;/h9-10H,3-8,12H2,1-2H3;1H. The van der Waals surface area contributed by atoms with Crippen molar-refractivity contribution < 1.29 is 4.79 Å². The monoisotopic (exact) mass is 266 g/mol. The van der Waals surface area contributed by atoms with Gasteiger partial charge in [0.1, 0.15) is 0 Å². The summed E-state index contributed by atoms with van der Waals surface area (Å²) in [5, 5.41) is 0. The van der Waals surface area contributed by atoms with Gasteiger partial charge in [0.15, 0.2) is 0 Å². The lowest BCUT2D eigenvalue weighted by Gasteiger charge is -2.33. The Kier molecular flexibility index (Phi) is 8.24. The van der Waals surface area contributed by atoms with E-state index < -0.39 is 0 Å². The second-order valence-corrected chi connectivity index (χ2v) is 5.31. The molecule has 2 N–H and O–H groups in total. The van der Waals surface area contributed by atoms with Crippen LogP contribution < -0.4 is 5.73 Å². The van der Waals surface area contributed by atoms with Crippen molar-refractivity contribution in [3.63, 3.8) is 0 Å². The maximum atomic E-state index is 11.7. The summed E-state index contributed by atoms with van der Waals surface area (Å²) in [5.74, 6) is 1.86. The highest BCUT2D eigenvalue weighted by Crippen LogP contribution is 2.20. The molecular formula is C11H23ClN2OS. The molecule has 1 fully saturated rings. The van der Waals surface area contributed by atoms with Gasteiger partial charge in [0.25, 0.3) is 0 Å². The highest BCUT2D eigenvalue weighted by atomic mass is 35.5. The first-order valence-electron chi connectivity index (χ1n) is 5.67. The third-order valence-corrected chi connectivity index (χ3v) is 3.77. The Bertz CT molecular complexity index is 206. The Morgan fingerprint density at radius 2 is 2.06 bits per heavy atom. The van der Waals surface area contributed by atoms with Crippen LogP contribution in [-0.4, -0.2) is 41.9 Å². The molecule has 3 nitrogen and oxygen atoms in total. The van der Waals surface area contributed by atoms with Gasteiger partial charge in [0, 0.05) is 31.3 Å². The third kappa shape index (κ3) is 4.93. The van der Waals surface area contributed by atoms with Crippen molar-refractivity contribution >= 4 is 30.1 Å². The van der Waals surface area contributed by atoms with Crippen LogP contribution in [0.5, 0.6) is 0 Å². The first-order chi connectivity index (χ1) is 7.15. The summed E-state index contributed by atoms with van der Waals surface area (Å²) in [5.41, 5.74) is 5.86. The van der Waals surface area contributed by atoms with Gasteiger partial charge in [-0.2, -0.15) is 11.8 Å². The van der Waals surface area contributed by atoms with Crippen LogP contribution in [0.15, 0.2) is 0 Å². The largest absolute Gasteiger partial charge is 0.343 e. The minimum atomic E-state index is 0. The molecule has 1 amide bonds. The van der Waals surface area contributed by atoms with Crippen LogP contribution >= 0.6 is 24.2 Å². The molecule has 0 aromatic rings. The van der Waals surface area contributed by atoms with E-state index in [9.17, 15) is 4.79 Å². The molecule has 1 rings (SSSR count). The third-order valence-electron chi connectivity index (χ3n) is 3.16. The number of halogens is 1. The van der Waals surface area contributed by atoms with E-state index in [1.807, 2.05) is 11.2 Å². The Balaban J connectivity index is 0.00000225. The normalized spacial score (nSPS) is 19.1. The molecule has 1 unspecified atom stereocenters. The van der Waals surface area contributed by atoms with Gasteiger partial charge in [0.2, 0.25) is 5.91 Å². The summed E-state index contributed by atoms with van der Waals surface area (Å²) < 4.78 is 0. The minimum absolute atomic E-state index is 0. The van der Waals surface area contributed by atoms with Crippen LogP contribution in [-0.2, 0) is 4.79 Å². The number of hydrogen-bond donors (Lipinski definition) is 1. The number of amides is 1. The number of hydrogen-bond acceptors (Lipinski definition) is 3. The highest BCUT2D eigenvalue weighted by Gasteiger charge is 2.24. The van der Waals surface area contributed by atoms with Crippen molar-refractivity contribution in [2.75, 3.05) is 25.1 Å². The molecule has 1 saturated heterocycles. The smallest absolute Gasteiger partial charge is 0.223 e. The molecule has 1 aliphatic heterocycles. The fraction of sp³-hybridized carbons (Fsp3) is 0.909. The van der Waals surface area contributed by atoms with Crippen molar-refractivity contribution in [1.29, 1.82) is 0 Å². The Hall–Kier alpha value is 0.0700. The highest BCUT2D eigenvalue weighted by molar-refractivity contribution is 7.98. The summed E-state index contributed by atoms with van der Waals surface area (Å²) in [6, 6.07) is 0.272. The van der Waals surface area contributed by atoms with Gasteiger partial charge in [0.05, 0.1) is 0 Å². The average Bonchev–Trinajstić information content (AvgIpc) is 2.26. The molecule has 0 aromatic carbocycles. The molecule has 0 bridgehead atoms. The van der Waals surface area contributed by atoms with Gasteiger partial charge in [-0.15, -0.1) is 12.4 Å². The molecule has 1 heterocycles. The zero-order valence-corrected chi connectivity index (χ0v) is 11.8. The predicted octanol–water partition coefficient (Wildman–Crippen LogP) is 1.75. The van der Waals surface area contributed by atoms with E-state index in [0.717, 1.165) is 31.7 Å². The van der Waals surface area contributed by atoms with Crippen LogP contribution in [0, 0.1) is 5.92 Å². The lowest BCUT2D eigenvalue weighted by molar-refractivity contribution is -0.132. The second kappa shape index (κ2) is 8.20. The number of carbonyl (C=O) groups excluding carboxylic acids is 1. The second-order valence-electron chi connectivity index (χ2n) is 4.32. The van der Waals surface area contributed by atoms with Gasteiger partial charge in [-0.3, -0.25) is 4.79 Å². The number of thioether (sulfide) groups is 1. The number of nitrogens with two attached hydrogens (primary N) is 1. The molecule has 16 heavy (non-hydrogen) atoms. The van der Waals surface area contributed by atoms with E-state index in [4.69, 9.17) is 5.73 Å². The van der Waals surface area contributed by atoms with Crippen molar-refractivity contribution in [3.05, 3.63) is 0 Å². The van der Waals surface area contributed by atoms with E-state index in [-0.39, 0.29) is 18.4 Å². The van der Waals surface area contributed by atoms with E-state index in [1.165, 1.54) is 0 Å². The summed E-state index contributed by atoms with van der Waals surface area (Å²) >= 11 is 1.73. The predicted molar refractivity (Wildman–Crippen MR) is 73.2 cm³/mol. The molecule has 0 aromatic heterocycles. The van der Waals surface area contributed by atoms with E-state index >= 15 is 0 Å². The summed E-state index contributed by atoms with van der Waals surface area (Å²) in [6.07, 6.45) is 4.87. The number of carbonyl (C=O) groups is 1. The number of rotatable bonds is 4. The SMILES string of the molecule is CSCCC(=O)N1CCC(C(C)N)CC1.Cl. The Morgan fingerprint density at radius 1 is 1.50 bits per heavy atom. The zero-order valence-electron chi connectivity index (χ0n) is 10.1. The fourth-order valence-corrected chi connectivity index (χ4v) is 2.40. The molecule has 0 radical (unpaired) electrons. The zero-order chi connectivity index (χ0) is 11.3. The van der Waals surface area contributed by atoms with E-state index in [1.54, 1.807) is 11.8 Å². The van der Waals surface area contributed by atoms with Gasteiger partial charge < -0.3 is 10.6 Å². The van der Waals surface area contributed by atoms with Crippen molar-refractivity contribution in [3.8, 4) is 0 Å². The molecule has 96 valence electrons. The Morgan fingerprint density at radius 3 is 2.50 bits per heavy atom. The topological polar surface area (TPSA) is 46.3 Å². The lowest BCUT2D eigenvalue weighted by Crippen LogP contribution is -2.42. The molecule has 0 saturated carbocycles. The number of piperidine rings is 1. The molecule has 1 aliphatic rings. The number of nitrogens with zero attached hydrogens (tertiary/aromatic N) is 1. The van der Waals surface area contributed by atoms with Crippen molar-refractivity contribution in [2.45, 2.75) is 32.2 Å². The molecule has 0 aliphatic carbocycles. The van der Waals surface area contributed by atoms with Crippen molar-refractivity contribution in [1.82, 2.24) is 4.90 Å². The maximum absolute atomic E-state index is 11.7. The Labute approximate surface area is 109 Å². The molecular weight excluding hydrogens is 244 g/mol. The first-order valence-corrected chi connectivity index (χ1v) is 7.07. The number of likely N-dealkylation sites (tertiary alicyclic amines) is 1. The summed E-state index contributed by atoms with van der Waals surface area (Å²) in [6.45, 7) is 3.87. The lowest BCUT2D eigenvalue weighted by atomic mass is 9.91. The maximum Gasteiger partial charge on any atom is 0.223 e. The summed E-state index contributed by atoms with van der Waals surface area (Å²) in [4.78, 5) is 13.7. The van der Waals surface area contributed by atoms with Crippen LogP contribution in [0.3, 0.4) is 0 Å². The molecule has 5 heteroatoms. The van der Waals surface area contributed by atoms with E-state index in [2.05, 4.69) is 6.92 Å². The van der Waals surface area contributed by atoms with Crippen LogP contribution in [0.4, 0.5) is 0 Å². The summed E-state index contributed by atoms with van der Waals surface area (Å²) in [7, 11) is 0. The van der Waals surface area contributed by atoms with Gasteiger partial charge >= 0.3 is 0 Å². The van der Waals surface area contributed by atoms with Crippen LogP contribution in [0.2, 0.25) is 0 Å². The van der Waals surface area contributed by atoms with Crippen molar-refractivity contribution in [2.24, 2.45) is 11.7 Å². The van der Waals surface area contributed by atoms with Gasteiger partial charge in [-0.05, 0) is 31.9 Å². The molecule has 0 spiro atoms. The first kappa shape index (κ1) is 16.1.